The first-order valence-corrected chi connectivity index (χ1v) is 10.4. The van der Waals surface area contributed by atoms with Crippen LogP contribution in [-0.4, -0.2) is 52.9 Å². The van der Waals surface area contributed by atoms with Crippen molar-refractivity contribution in [2.75, 3.05) is 26.3 Å². The van der Waals surface area contributed by atoms with Crippen LogP contribution in [0.1, 0.15) is 36.8 Å². The molecule has 0 unspecified atom stereocenters. The van der Waals surface area contributed by atoms with Gasteiger partial charge in [-0.2, -0.15) is 5.10 Å². The Morgan fingerprint density at radius 3 is 2.57 bits per heavy atom. The Bertz CT molecular complexity index is 747. The number of hydrogen-bond acceptors (Lipinski definition) is 4. The third kappa shape index (κ3) is 5.00. The summed E-state index contributed by atoms with van der Waals surface area (Å²) in [6.07, 6.45) is 8.03. The highest BCUT2D eigenvalue weighted by atomic mass is 16.5. The van der Waals surface area contributed by atoms with Crippen molar-refractivity contribution in [3.63, 3.8) is 0 Å². The van der Waals surface area contributed by atoms with Gasteiger partial charge in [0.05, 0.1) is 12.7 Å². The van der Waals surface area contributed by atoms with E-state index in [-0.39, 0.29) is 11.8 Å². The number of aromatic nitrogens is 2. The van der Waals surface area contributed by atoms with Crippen molar-refractivity contribution in [3.05, 3.63) is 53.9 Å². The molecule has 2 aliphatic rings. The Labute approximate surface area is 166 Å². The van der Waals surface area contributed by atoms with Crippen LogP contribution in [0.2, 0.25) is 0 Å². The standard InChI is InChI=1S/C22H30N4O2/c27-22(20-6-10-25(11-7-20)21-8-12-28-13-9-21)23-14-19-15-24-26(17-19)16-18-4-2-1-3-5-18/h1-5,15,17,20-21H,6-14,16H2,(H,23,27). The molecule has 2 aliphatic heterocycles. The van der Waals surface area contributed by atoms with E-state index in [1.807, 2.05) is 35.3 Å². The van der Waals surface area contributed by atoms with Crippen molar-refractivity contribution in [3.8, 4) is 0 Å². The summed E-state index contributed by atoms with van der Waals surface area (Å²) in [6.45, 7) is 5.11. The van der Waals surface area contributed by atoms with E-state index < -0.39 is 0 Å². The third-order valence-corrected chi connectivity index (χ3v) is 5.95. The van der Waals surface area contributed by atoms with Gasteiger partial charge in [0.25, 0.3) is 0 Å². The summed E-state index contributed by atoms with van der Waals surface area (Å²) in [7, 11) is 0. The van der Waals surface area contributed by atoms with E-state index in [1.54, 1.807) is 0 Å². The summed E-state index contributed by atoms with van der Waals surface area (Å²) in [5.74, 6) is 0.317. The van der Waals surface area contributed by atoms with E-state index in [0.29, 0.717) is 12.6 Å². The fourth-order valence-corrected chi connectivity index (χ4v) is 4.27. The summed E-state index contributed by atoms with van der Waals surface area (Å²) >= 11 is 0. The van der Waals surface area contributed by atoms with Crippen LogP contribution in [0.4, 0.5) is 0 Å². The Hall–Kier alpha value is -2.18. The number of carbonyl (C=O) groups is 1. The smallest absolute Gasteiger partial charge is 0.223 e. The van der Waals surface area contributed by atoms with E-state index in [4.69, 9.17) is 4.74 Å². The largest absolute Gasteiger partial charge is 0.381 e. The van der Waals surface area contributed by atoms with Crippen molar-refractivity contribution in [1.82, 2.24) is 20.0 Å². The van der Waals surface area contributed by atoms with Crippen LogP contribution in [0.3, 0.4) is 0 Å². The number of benzene rings is 1. The predicted molar refractivity (Wildman–Crippen MR) is 108 cm³/mol. The average Bonchev–Trinajstić information content (AvgIpc) is 3.21. The molecule has 3 heterocycles. The number of rotatable bonds is 6. The van der Waals surface area contributed by atoms with E-state index in [2.05, 4.69) is 27.4 Å². The molecule has 0 atom stereocenters. The molecule has 2 fully saturated rings. The fourth-order valence-electron chi connectivity index (χ4n) is 4.27. The van der Waals surface area contributed by atoms with E-state index >= 15 is 0 Å². The molecule has 150 valence electrons. The van der Waals surface area contributed by atoms with E-state index in [9.17, 15) is 4.79 Å². The van der Waals surface area contributed by atoms with Crippen molar-refractivity contribution in [2.45, 2.75) is 44.8 Å². The molecule has 28 heavy (non-hydrogen) atoms. The lowest BCUT2D eigenvalue weighted by atomic mass is 9.93. The van der Waals surface area contributed by atoms with Gasteiger partial charge in [-0.05, 0) is 44.3 Å². The molecule has 0 radical (unpaired) electrons. The Morgan fingerprint density at radius 1 is 1.07 bits per heavy atom. The number of nitrogens with one attached hydrogen (secondary N) is 1. The zero-order valence-corrected chi connectivity index (χ0v) is 16.4. The van der Waals surface area contributed by atoms with Gasteiger partial charge in [-0.1, -0.05) is 30.3 Å². The molecule has 0 spiro atoms. The summed E-state index contributed by atoms with van der Waals surface area (Å²) in [4.78, 5) is 15.1. The van der Waals surface area contributed by atoms with Gasteiger partial charge in [0.15, 0.2) is 0 Å². The Morgan fingerprint density at radius 2 is 1.82 bits per heavy atom. The highest BCUT2D eigenvalue weighted by Gasteiger charge is 2.29. The van der Waals surface area contributed by atoms with Crippen molar-refractivity contribution in [2.24, 2.45) is 5.92 Å². The molecule has 1 amide bonds. The number of amides is 1. The first-order valence-electron chi connectivity index (χ1n) is 10.4. The minimum atomic E-state index is 0.135. The molecule has 0 aliphatic carbocycles. The number of likely N-dealkylation sites (tertiary alicyclic amines) is 1. The quantitative estimate of drug-likeness (QED) is 0.834. The molecule has 2 saturated heterocycles. The van der Waals surface area contributed by atoms with Gasteiger partial charge in [-0.25, -0.2) is 0 Å². The zero-order valence-electron chi connectivity index (χ0n) is 16.4. The molecule has 4 rings (SSSR count). The SMILES string of the molecule is O=C(NCc1cnn(Cc2ccccc2)c1)C1CCN(C2CCOCC2)CC1. The van der Waals surface area contributed by atoms with Crippen molar-refractivity contribution >= 4 is 5.91 Å². The van der Waals surface area contributed by atoms with Gasteiger partial charge in [-0.3, -0.25) is 9.48 Å². The molecular weight excluding hydrogens is 352 g/mol. The molecule has 1 aromatic heterocycles. The van der Waals surface area contributed by atoms with Crippen LogP contribution in [-0.2, 0) is 22.6 Å². The number of carbonyl (C=O) groups excluding carboxylic acids is 1. The van der Waals surface area contributed by atoms with Crippen LogP contribution in [0.5, 0.6) is 0 Å². The minimum Gasteiger partial charge on any atom is -0.381 e. The van der Waals surface area contributed by atoms with Gasteiger partial charge in [-0.15, -0.1) is 0 Å². The number of ether oxygens (including phenoxy) is 1. The van der Waals surface area contributed by atoms with Gasteiger partial charge in [0, 0.05) is 43.5 Å². The fraction of sp³-hybridized carbons (Fsp3) is 0.545. The van der Waals surface area contributed by atoms with Gasteiger partial charge in [0.1, 0.15) is 0 Å². The Balaban J connectivity index is 1.21. The number of piperidine rings is 1. The topological polar surface area (TPSA) is 59.4 Å². The molecule has 6 nitrogen and oxygen atoms in total. The maximum absolute atomic E-state index is 12.6. The van der Waals surface area contributed by atoms with Gasteiger partial charge < -0.3 is 15.0 Å². The second kappa shape index (κ2) is 9.34. The maximum Gasteiger partial charge on any atom is 0.223 e. The molecule has 1 aromatic carbocycles. The molecule has 6 heteroatoms. The minimum absolute atomic E-state index is 0.135. The maximum atomic E-state index is 12.6. The van der Waals surface area contributed by atoms with Gasteiger partial charge in [0.2, 0.25) is 5.91 Å². The summed E-state index contributed by atoms with van der Waals surface area (Å²) < 4.78 is 7.38. The highest BCUT2D eigenvalue weighted by molar-refractivity contribution is 5.78. The van der Waals surface area contributed by atoms with Crippen LogP contribution >= 0.6 is 0 Å². The van der Waals surface area contributed by atoms with Crippen LogP contribution in [0, 0.1) is 5.92 Å². The lowest BCUT2D eigenvalue weighted by molar-refractivity contribution is -0.127. The summed E-state index contributed by atoms with van der Waals surface area (Å²) in [6, 6.07) is 10.9. The first-order chi connectivity index (χ1) is 13.8. The van der Waals surface area contributed by atoms with Crippen molar-refractivity contribution < 1.29 is 9.53 Å². The average molecular weight is 383 g/mol. The molecular formula is C22H30N4O2. The predicted octanol–water partition coefficient (Wildman–Crippen LogP) is 2.44. The second-order valence-corrected chi connectivity index (χ2v) is 7.90. The first kappa shape index (κ1) is 19.2. The highest BCUT2D eigenvalue weighted by Crippen LogP contribution is 2.23. The lowest BCUT2D eigenvalue weighted by Crippen LogP contribution is -2.46. The van der Waals surface area contributed by atoms with Crippen molar-refractivity contribution in [1.29, 1.82) is 0 Å². The zero-order chi connectivity index (χ0) is 19.2. The van der Waals surface area contributed by atoms with Crippen LogP contribution in [0.25, 0.3) is 0 Å². The molecule has 0 saturated carbocycles. The van der Waals surface area contributed by atoms with Gasteiger partial charge >= 0.3 is 0 Å². The monoisotopic (exact) mass is 382 g/mol. The lowest BCUT2D eigenvalue weighted by Gasteiger charge is -2.38. The van der Waals surface area contributed by atoms with Crippen LogP contribution in [0.15, 0.2) is 42.7 Å². The molecule has 1 N–H and O–H groups in total. The number of hydrogen-bond donors (Lipinski definition) is 1. The molecule has 0 bridgehead atoms. The molecule has 2 aromatic rings. The normalized spacial score (nSPS) is 19.6. The summed E-state index contributed by atoms with van der Waals surface area (Å²) in [5, 5.41) is 7.52. The second-order valence-electron chi connectivity index (χ2n) is 7.90. The van der Waals surface area contributed by atoms with Crippen LogP contribution < -0.4 is 5.32 Å². The Kier molecular flexibility index (Phi) is 6.39. The third-order valence-electron chi connectivity index (χ3n) is 5.95. The van der Waals surface area contributed by atoms with E-state index in [0.717, 1.165) is 64.1 Å². The summed E-state index contributed by atoms with van der Waals surface area (Å²) in [5.41, 5.74) is 2.27. The van der Waals surface area contributed by atoms with E-state index in [1.165, 1.54) is 5.56 Å². The number of nitrogens with zero attached hydrogens (tertiary/aromatic N) is 3.